The Bertz CT molecular complexity index is 548. The van der Waals surface area contributed by atoms with Crippen LogP contribution in [0.2, 0.25) is 0 Å². The predicted octanol–water partition coefficient (Wildman–Crippen LogP) is 3.62. The van der Waals surface area contributed by atoms with Crippen molar-refractivity contribution in [1.29, 1.82) is 0 Å². The molecule has 0 heterocycles. The van der Waals surface area contributed by atoms with Crippen LogP contribution in [0.25, 0.3) is 0 Å². The maximum Gasteiger partial charge on any atom is 0.122 e. The quantitative estimate of drug-likeness (QED) is 0.838. The summed E-state index contributed by atoms with van der Waals surface area (Å²) in [6, 6.07) is 17.2. The smallest absolute Gasteiger partial charge is 0.122 e. The molecule has 112 valence electrons. The van der Waals surface area contributed by atoms with E-state index in [0.29, 0.717) is 5.92 Å². The first-order chi connectivity index (χ1) is 10.2. The van der Waals surface area contributed by atoms with Crippen molar-refractivity contribution in [2.45, 2.75) is 19.8 Å². The molecule has 1 N–H and O–H groups in total. The van der Waals surface area contributed by atoms with Crippen LogP contribution in [0, 0.1) is 12.8 Å². The highest BCUT2D eigenvalue weighted by Crippen LogP contribution is 2.22. The summed E-state index contributed by atoms with van der Waals surface area (Å²) in [7, 11) is 3.76. The number of benzene rings is 2. The minimum Gasteiger partial charge on any atom is -0.496 e. The predicted molar refractivity (Wildman–Crippen MR) is 89.0 cm³/mol. The Morgan fingerprint density at radius 3 is 2.38 bits per heavy atom. The zero-order chi connectivity index (χ0) is 15.1. The molecule has 0 saturated heterocycles. The molecule has 0 amide bonds. The van der Waals surface area contributed by atoms with Gasteiger partial charge in [0, 0.05) is 0 Å². The van der Waals surface area contributed by atoms with E-state index < -0.39 is 0 Å². The summed E-state index contributed by atoms with van der Waals surface area (Å²) in [5.74, 6) is 1.55. The molecule has 2 nitrogen and oxygen atoms in total. The number of hydrogen-bond acceptors (Lipinski definition) is 2. The summed E-state index contributed by atoms with van der Waals surface area (Å²) >= 11 is 0. The Hall–Kier alpha value is -1.80. The van der Waals surface area contributed by atoms with Crippen LogP contribution in [-0.2, 0) is 12.8 Å². The first-order valence-electron chi connectivity index (χ1n) is 7.55. The maximum atomic E-state index is 5.47. The molecule has 0 aliphatic rings. The van der Waals surface area contributed by atoms with E-state index in [1.54, 1.807) is 7.11 Å². The van der Waals surface area contributed by atoms with Gasteiger partial charge in [0.05, 0.1) is 7.11 Å². The SMILES string of the molecule is CNCC(Cc1ccc(C)cc1)Cc1ccccc1OC. The van der Waals surface area contributed by atoms with Crippen molar-refractivity contribution in [3.63, 3.8) is 0 Å². The number of rotatable bonds is 7. The Kier molecular flexibility index (Phi) is 5.82. The molecule has 0 bridgehead atoms. The highest BCUT2D eigenvalue weighted by atomic mass is 16.5. The largest absolute Gasteiger partial charge is 0.496 e. The number of aryl methyl sites for hydroxylation is 1. The zero-order valence-corrected chi connectivity index (χ0v) is 13.2. The van der Waals surface area contributed by atoms with Crippen molar-refractivity contribution in [3.8, 4) is 5.75 Å². The van der Waals surface area contributed by atoms with Crippen LogP contribution < -0.4 is 10.1 Å². The third-order valence-electron chi connectivity index (χ3n) is 3.84. The molecule has 1 atom stereocenters. The number of ether oxygens (including phenoxy) is 1. The lowest BCUT2D eigenvalue weighted by molar-refractivity contribution is 0.402. The second-order valence-electron chi connectivity index (χ2n) is 5.63. The Morgan fingerprint density at radius 1 is 1.00 bits per heavy atom. The van der Waals surface area contributed by atoms with E-state index in [-0.39, 0.29) is 0 Å². The van der Waals surface area contributed by atoms with Crippen molar-refractivity contribution < 1.29 is 4.74 Å². The molecular weight excluding hydrogens is 258 g/mol. The van der Waals surface area contributed by atoms with Gasteiger partial charge in [-0.15, -0.1) is 0 Å². The summed E-state index contributed by atoms with van der Waals surface area (Å²) < 4.78 is 5.47. The summed E-state index contributed by atoms with van der Waals surface area (Å²) in [6.45, 7) is 3.13. The van der Waals surface area contributed by atoms with E-state index in [4.69, 9.17) is 4.74 Å². The molecule has 0 saturated carbocycles. The van der Waals surface area contributed by atoms with Crippen molar-refractivity contribution >= 4 is 0 Å². The maximum absolute atomic E-state index is 5.47. The van der Waals surface area contributed by atoms with E-state index in [2.05, 4.69) is 48.6 Å². The molecule has 0 aliphatic carbocycles. The second kappa shape index (κ2) is 7.84. The summed E-state index contributed by atoms with van der Waals surface area (Å²) in [4.78, 5) is 0. The van der Waals surface area contributed by atoms with E-state index >= 15 is 0 Å². The topological polar surface area (TPSA) is 21.3 Å². The molecule has 1 unspecified atom stereocenters. The highest BCUT2D eigenvalue weighted by Gasteiger charge is 2.12. The van der Waals surface area contributed by atoms with Gasteiger partial charge in [0.2, 0.25) is 0 Å². The van der Waals surface area contributed by atoms with Crippen molar-refractivity contribution in [2.24, 2.45) is 5.92 Å². The molecular formula is C19H25NO. The molecule has 2 aromatic rings. The van der Waals surface area contributed by atoms with Gasteiger partial charge >= 0.3 is 0 Å². The zero-order valence-electron chi connectivity index (χ0n) is 13.2. The van der Waals surface area contributed by atoms with Crippen molar-refractivity contribution in [1.82, 2.24) is 5.32 Å². The van der Waals surface area contributed by atoms with Gasteiger partial charge in [-0.1, -0.05) is 48.0 Å². The fourth-order valence-electron chi connectivity index (χ4n) is 2.75. The van der Waals surface area contributed by atoms with Crippen LogP contribution >= 0.6 is 0 Å². The van der Waals surface area contributed by atoms with Gasteiger partial charge in [0.25, 0.3) is 0 Å². The molecule has 0 radical (unpaired) electrons. The van der Waals surface area contributed by atoms with Crippen LogP contribution in [0.4, 0.5) is 0 Å². The molecule has 0 aliphatic heterocycles. The minimum atomic E-state index is 0.564. The standard InChI is InChI=1S/C19H25NO/c1-15-8-10-16(11-9-15)12-17(14-20-2)13-18-6-4-5-7-19(18)21-3/h4-11,17,20H,12-14H2,1-3H3. The van der Waals surface area contributed by atoms with Gasteiger partial charge in [0.1, 0.15) is 5.75 Å². The normalized spacial score (nSPS) is 12.1. The van der Waals surface area contributed by atoms with E-state index in [9.17, 15) is 0 Å². The summed E-state index contributed by atoms with van der Waals surface area (Å²) in [5.41, 5.74) is 4.00. The lowest BCUT2D eigenvalue weighted by Gasteiger charge is -2.18. The van der Waals surface area contributed by atoms with Crippen LogP contribution in [0.15, 0.2) is 48.5 Å². The molecule has 2 aromatic carbocycles. The molecule has 2 heteroatoms. The third-order valence-corrected chi connectivity index (χ3v) is 3.84. The van der Waals surface area contributed by atoms with Crippen molar-refractivity contribution in [2.75, 3.05) is 20.7 Å². The summed E-state index contributed by atoms with van der Waals surface area (Å²) in [6.07, 6.45) is 2.11. The van der Waals surface area contributed by atoms with Crippen molar-refractivity contribution in [3.05, 3.63) is 65.2 Å². The van der Waals surface area contributed by atoms with E-state index in [1.165, 1.54) is 16.7 Å². The van der Waals surface area contributed by atoms with Crippen LogP contribution in [0.5, 0.6) is 5.75 Å². The van der Waals surface area contributed by atoms with Gasteiger partial charge in [-0.05, 0) is 56.5 Å². The number of methoxy groups -OCH3 is 1. The lowest BCUT2D eigenvalue weighted by atomic mass is 9.92. The van der Waals surface area contributed by atoms with Crippen LogP contribution in [0.3, 0.4) is 0 Å². The first-order valence-corrected chi connectivity index (χ1v) is 7.55. The van der Waals surface area contributed by atoms with Crippen LogP contribution in [0.1, 0.15) is 16.7 Å². The Balaban J connectivity index is 2.09. The van der Waals surface area contributed by atoms with Gasteiger partial charge in [0.15, 0.2) is 0 Å². The van der Waals surface area contributed by atoms with Crippen LogP contribution in [-0.4, -0.2) is 20.7 Å². The Labute approximate surface area is 128 Å². The second-order valence-corrected chi connectivity index (χ2v) is 5.63. The number of hydrogen-bond donors (Lipinski definition) is 1. The molecule has 0 aromatic heterocycles. The van der Waals surface area contributed by atoms with E-state index in [0.717, 1.165) is 25.1 Å². The van der Waals surface area contributed by atoms with Gasteiger partial charge in [-0.25, -0.2) is 0 Å². The number of nitrogens with one attached hydrogen (secondary N) is 1. The Morgan fingerprint density at radius 2 is 1.71 bits per heavy atom. The number of para-hydroxylation sites is 1. The monoisotopic (exact) mass is 283 g/mol. The molecule has 2 rings (SSSR count). The lowest BCUT2D eigenvalue weighted by Crippen LogP contribution is -2.23. The fraction of sp³-hybridized carbons (Fsp3) is 0.368. The summed E-state index contributed by atoms with van der Waals surface area (Å²) in [5, 5.41) is 3.32. The first kappa shape index (κ1) is 15.6. The van der Waals surface area contributed by atoms with Gasteiger partial charge in [-0.3, -0.25) is 0 Å². The van der Waals surface area contributed by atoms with Gasteiger partial charge < -0.3 is 10.1 Å². The van der Waals surface area contributed by atoms with E-state index in [1.807, 2.05) is 19.2 Å². The molecule has 21 heavy (non-hydrogen) atoms. The minimum absolute atomic E-state index is 0.564. The molecule has 0 spiro atoms. The molecule has 0 fully saturated rings. The van der Waals surface area contributed by atoms with Gasteiger partial charge in [-0.2, -0.15) is 0 Å². The highest BCUT2D eigenvalue weighted by molar-refractivity contribution is 5.34. The third kappa shape index (κ3) is 4.61. The average Bonchev–Trinajstić information content (AvgIpc) is 2.50. The average molecular weight is 283 g/mol. The fourth-order valence-corrected chi connectivity index (χ4v) is 2.75.